The second-order valence-corrected chi connectivity index (χ2v) is 9.25. The van der Waals surface area contributed by atoms with Crippen LogP contribution in [0.5, 0.6) is 0 Å². The molecular weight excluding hydrogens is 374 g/mol. The lowest BCUT2D eigenvalue weighted by atomic mass is 9.94. The van der Waals surface area contributed by atoms with Gasteiger partial charge in [-0.1, -0.05) is 61.4 Å². The minimum absolute atomic E-state index is 0.738. The molecule has 1 nitrogen and oxygen atoms in total. The van der Waals surface area contributed by atoms with Crippen LogP contribution in [0.3, 0.4) is 0 Å². The Balaban J connectivity index is 1.57. The van der Waals surface area contributed by atoms with Gasteiger partial charge in [-0.05, 0) is 76.6 Å². The second-order valence-electron chi connectivity index (χ2n) is 9.25. The number of aromatic nitrogens is 1. The van der Waals surface area contributed by atoms with Crippen LogP contribution in [0, 0.1) is 6.92 Å². The molecule has 0 spiro atoms. The summed E-state index contributed by atoms with van der Waals surface area (Å²) < 4.78 is 2.40. The van der Waals surface area contributed by atoms with Gasteiger partial charge in [-0.15, -0.1) is 0 Å². The number of benzene rings is 4. The first kappa shape index (κ1) is 18.6. The lowest BCUT2D eigenvalue weighted by Crippen LogP contribution is -2.32. The summed E-state index contributed by atoms with van der Waals surface area (Å²) in [4.78, 5) is 0. The monoisotopic (exact) mass is 402 g/mol. The molecule has 1 aromatic heterocycles. The van der Waals surface area contributed by atoms with Crippen molar-refractivity contribution in [2.75, 3.05) is 0 Å². The maximum atomic E-state index is 2.45. The van der Waals surface area contributed by atoms with Gasteiger partial charge >= 0.3 is 0 Å². The summed E-state index contributed by atoms with van der Waals surface area (Å²) in [5, 5.41) is 6.59. The van der Waals surface area contributed by atoms with E-state index < -0.39 is 0 Å². The van der Waals surface area contributed by atoms with Crippen molar-refractivity contribution >= 4 is 32.4 Å². The van der Waals surface area contributed by atoms with Gasteiger partial charge in [-0.3, -0.25) is 0 Å². The molecule has 1 heterocycles. The third-order valence-corrected chi connectivity index (χ3v) is 7.39. The number of fused-ring (bicyclic) bond motifs is 4. The molecule has 0 unspecified atom stereocenters. The molecule has 1 aliphatic rings. The highest BCUT2D eigenvalue weighted by Crippen LogP contribution is 2.36. The van der Waals surface area contributed by atoms with Crippen LogP contribution >= 0.6 is 0 Å². The van der Waals surface area contributed by atoms with Crippen LogP contribution < -0.4 is 4.57 Å². The second kappa shape index (κ2) is 7.20. The van der Waals surface area contributed by atoms with Gasteiger partial charge in [0, 0.05) is 23.1 Å². The first-order chi connectivity index (χ1) is 15.2. The summed E-state index contributed by atoms with van der Waals surface area (Å²) >= 11 is 0. The molecule has 1 saturated carbocycles. The van der Waals surface area contributed by atoms with E-state index in [2.05, 4.69) is 97.4 Å². The number of aryl methyl sites for hydroxylation is 2. The van der Waals surface area contributed by atoms with E-state index >= 15 is 0 Å². The summed E-state index contributed by atoms with van der Waals surface area (Å²) in [7, 11) is 2.23. The van der Waals surface area contributed by atoms with Gasteiger partial charge in [-0.25, -0.2) is 0 Å². The highest BCUT2D eigenvalue weighted by Gasteiger charge is 2.21. The van der Waals surface area contributed by atoms with Gasteiger partial charge < -0.3 is 0 Å². The largest absolute Gasteiger partial charge is 0.213 e. The molecule has 0 bridgehead atoms. The number of hydrogen-bond donors (Lipinski definition) is 0. The number of nitrogens with zero attached hydrogens (tertiary/aromatic N) is 1. The molecule has 0 aliphatic heterocycles. The van der Waals surface area contributed by atoms with E-state index in [4.69, 9.17) is 0 Å². The molecule has 0 atom stereocenters. The van der Waals surface area contributed by atoms with Gasteiger partial charge in [0.05, 0.1) is 0 Å². The fraction of sp³-hybridized carbons (Fsp3) is 0.233. The topological polar surface area (TPSA) is 3.88 Å². The maximum Gasteiger partial charge on any atom is 0.213 e. The SMILES string of the molecule is Cc1cc2ccc3ccccc3c2cc1-c1ccc2ccc(C3CCCC3)cc2[n+]1C. The van der Waals surface area contributed by atoms with Crippen LogP contribution in [0.25, 0.3) is 43.7 Å². The first-order valence-electron chi connectivity index (χ1n) is 11.5. The molecule has 5 aromatic rings. The van der Waals surface area contributed by atoms with E-state index in [1.165, 1.54) is 80.5 Å². The van der Waals surface area contributed by atoms with Crippen molar-refractivity contribution in [3.05, 3.63) is 90.0 Å². The number of rotatable bonds is 2. The molecule has 0 saturated heterocycles. The van der Waals surface area contributed by atoms with E-state index in [1.54, 1.807) is 0 Å². The van der Waals surface area contributed by atoms with Crippen molar-refractivity contribution < 1.29 is 4.57 Å². The summed E-state index contributed by atoms with van der Waals surface area (Å²) in [6, 6.07) is 29.6. The van der Waals surface area contributed by atoms with Gasteiger partial charge in [0.2, 0.25) is 11.2 Å². The average Bonchev–Trinajstić information content (AvgIpc) is 3.34. The fourth-order valence-corrected chi connectivity index (χ4v) is 5.63. The third kappa shape index (κ3) is 3.03. The summed E-state index contributed by atoms with van der Waals surface area (Å²) in [6.07, 6.45) is 5.43. The predicted octanol–water partition coefficient (Wildman–Crippen LogP) is 7.60. The minimum Gasteiger partial charge on any atom is -0.194 e. The van der Waals surface area contributed by atoms with Crippen LogP contribution in [0.4, 0.5) is 0 Å². The molecule has 0 amide bonds. The van der Waals surface area contributed by atoms with E-state index in [0.29, 0.717) is 0 Å². The van der Waals surface area contributed by atoms with Crippen molar-refractivity contribution in [3.8, 4) is 11.3 Å². The Morgan fingerprint density at radius 1 is 0.710 bits per heavy atom. The number of hydrogen-bond acceptors (Lipinski definition) is 0. The van der Waals surface area contributed by atoms with Crippen molar-refractivity contribution in [2.45, 2.75) is 38.5 Å². The zero-order chi connectivity index (χ0) is 20.9. The van der Waals surface area contributed by atoms with Gasteiger partial charge in [0.1, 0.15) is 7.05 Å². The van der Waals surface area contributed by atoms with Gasteiger partial charge in [-0.2, -0.15) is 4.57 Å². The van der Waals surface area contributed by atoms with E-state index in [0.717, 1.165) is 5.92 Å². The summed E-state index contributed by atoms with van der Waals surface area (Å²) in [5.74, 6) is 0.738. The van der Waals surface area contributed by atoms with Crippen LogP contribution in [0.2, 0.25) is 0 Å². The average molecular weight is 403 g/mol. The Kier molecular flexibility index (Phi) is 4.31. The Morgan fingerprint density at radius 3 is 2.32 bits per heavy atom. The smallest absolute Gasteiger partial charge is 0.194 e. The Labute approximate surface area is 184 Å². The van der Waals surface area contributed by atoms with Gasteiger partial charge in [0.15, 0.2) is 0 Å². The van der Waals surface area contributed by atoms with Crippen LogP contribution in [0.15, 0.2) is 78.9 Å². The van der Waals surface area contributed by atoms with Crippen molar-refractivity contribution in [2.24, 2.45) is 7.05 Å². The molecule has 6 rings (SSSR count). The van der Waals surface area contributed by atoms with Gasteiger partial charge in [0.25, 0.3) is 0 Å². The van der Waals surface area contributed by atoms with Crippen molar-refractivity contribution in [3.63, 3.8) is 0 Å². The van der Waals surface area contributed by atoms with E-state index in [1.807, 2.05) is 0 Å². The molecule has 152 valence electrons. The van der Waals surface area contributed by atoms with Crippen LogP contribution in [0.1, 0.15) is 42.7 Å². The molecule has 0 radical (unpaired) electrons. The van der Waals surface area contributed by atoms with E-state index in [9.17, 15) is 0 Å². The highest BCUT2D eigenvalue weighted by atomic mass is 14.9. The summed E-state index contributed by atoms with van der Waals surface area (Å²) in [5.41, 5.74) is 6.77. The normalized spacial score (nSPS) is 14.8. The molecule has 1 aliphatic carbocycles. The standard InChI is InChI=1S/C30H28N/c1-20-17-25-14-11-22-9-5-6-10-26(22)28(25)19-27(20)29-16-15-23-12-13-24(18-30(23)31(29)2)21-7-3-4-8-21/h5-6,9-19,21H,3-4,7-8H2,1-2H3/q+1. The molecule has 0 N–H and O–H groups in total. The summed E-state index contributed by atoms with van der Waals surface area (Å²) in [6.45, 7) is 2.24. The lowest BCUT2D eigenvalue weighted by Gasteiger charge is -2.12. The number of pyridine rings is 1. The quantitative estimate of drug-likeness (QED) is 0.211. The predicted molar refractivity (Wildman–Crippen MR) is 132 cm³/mol. The molecule has 1 fully saturated rings. The molecular formula is C30H28N+. The highest BCUT2D eigenvalue weighted by molar-refractivity contribution is 6.09. The van der Waals surface area contributed by atoms with Crippen LogP contribution in [-0.2, 0) is 7.05 Å². The molecule has 4 aromatic carbocycles. The third-order valence-electron chi connectivity index (χ3n) is 7.39. The Morgan fingerprint density at radius 2 is 1.45 bits per heavy atom. The molecule has 31 heavy (non-hydrogen) atoms. The zero-order valence-electron chi connectivity index (χ0n) is 18.4. The lowest BCUT2D eigenvalue weighted by molar-refractivity contribution is -0.633. The van der Waals surface area contributed by atoms with Crippen molar-refractivity contribution in [1.29, 1.82) is 0 Å². The fourth-order valence-electron chi connectivity index (χ4n) is 5.63. The first-order valence-corrected chi connectivity index (χ1v) is 11.5. The Hall–Kier alpha value is -3.19. The maximum absolute atomic E-state index is 2.45. The Bertz CT molecular complexity index is 1450. The van der Waals surface area contributed by atoms with E-state index in [-0.39, 0.29) is 0 Å². The van der Waals surface area contributed by atoms with Crippen molar-refractivity contribution in [1.82, 2.24) is 0 Å². The zero-order valence-corrected chi connectivity index (χ0v) is 18.4. The molecule has 1 heteroatoms. The minimum atomic E-state index is 0.738. The van der Waals surface area contributed by atoms with Crippen LogP contribution in [-0.4, -0.2) is 0 Å².